The van der Waals surface area contributed by atoms with Gasteiger partial charge in [0.1, 0.15) is 0 Å². The quantitative estimate of drug-likeness (QED) is 0.861. The molecule has 1 N–H and O–H groups in total. The molecule has 1 aliphatic heterocycles. The lowest BCUT2D eigenvalue weighted by atomic mass is 9.86. The van der Waals surface area contributed by atoms with Gasteiger partial charge in [0, 0.05) is 10.0 Å². The van der Waals surface area contributed by atoms with Gasteiger partial charge >= 0.3 is 0 Å². The van der Waals surface area contributed by atoms with Crippen molar-refractivity contribution in [3.63, 3.8) is 0 Å². The summed E-state index contributed by atoms with van der Waals surface area (Å²) in [5.41, 5.74) is 2.64. The van der Waals surface area contributed by atoms with Crippen LogP contribution in [-0.2, 0) is 6.42 Å². The molecule has 2 rings (SSSR count). The summed E-state index contributed by atoms with van der Waals surface area (Å²) in [5, 5.41) is 3.50. The Hall–Kier alpha value is -0.740. The molecule has 3 nitrogen and oxygen atoms in total. The molecule has 1 aromatic rings. The van der Waals surface area contributed by atoms with E-state index in [-0.39, 0.29) is 0 Å². The molecule has 1 fully saturated rings. The second-order valence-electron chi connectivity index (χ2n) is 6.06. The number of halogens is 1. The highest BCUT2D eigenvalue weighted by Gasteiger charge is 2.23. The monoisotopic (exact) mass is 355 g/mol. The summed E-state index contributed by atoms with van der Waals surface area (Å²) in [6, 6.07) is 2.04. The summed E-state index contributed by atoms with van der Waals surface area (Å²) in [6.45, 7) is 6.69. The minimum atomic E-state index is 0.401. The molecule has 0 aliphatic carbocycles. The van der Waals surface area contributed by atoms with E-state index in [1.807, 2.05) is 6.07 Å². The standard InChI is InChI=1S/C17H26BrNO2/c1-11(2)16-13(8-12-6-5-7-19-10-12)14(18)9-15(20-3)17(16)21-4/h9,11-12,19H,5-8,10H2,1-4H3. The first-order valence-corrected chi connectivity index (χ1v) is 8.51. The van der Waals surface area contributed by atoms with Gasteiger partial charge in [0.2, 0.25) is 0 Å². The third kappa shape index (κ3) is 3.72. The van der Waals surface area contributed by atoms with E-state index >= 15 is 0 Å². The molecule has 21 heavy (non-hydrogen) atoms. The van der Waals surface area contributed by atoms with Crippen molar-refractivity contribution in [3.8, 4) is 11.5 Å². The molecular weight excluding hydrogens is 330 g/mol. The Balaban J connectivity index is 2.42. The highest BCUT2D eigenvalue weighted by molar-refractivity contribution is 9.10. The molecule has 0 bridgehead atoms. The van der Waals surface area contributed by atoms with E-state index in [2.05, 4.69) is 35.1 Å². The largest absolute Gasteiger partial charge is 0.493 e. The molecule has 0 aromatic heterocycles. The minimum Gasteiger partial charge on any atom is -0.493 e. The fourth-order valence-corrected chi connectivity index (χ4v) is 3.82. The smallest absolute Gasteiger partial charge is 0.164 e. The number of nitrogens with one attached hydrogen (secondary N) is 1. The van der Waals surface area contributed by atoms with Crippen LogP contribution >= 0.6 is 15.9 Å². The zero-order chi connectivity index (χ0) is 15.4. The van der Waals surface area contributed by atoms with Crippen LogP contribution in [0.15, 0.2) is 10.5 Å². The second kappa shape index (κ2) is 7.50. The lowest BCUT2D eigenvalue weighted by Crippen LogP contribution is -2.31. The van der Waals surface area contributed by atoms with Crippen LogP contribution in [0.1, 0.15) is 43.7 Å². The van der Waals surface area contributed by atoms with Gasteiger partial charge in [-0.15, -0.1) is 0 Å². The molecule has 0 amide bonds. The van der Waals surface area contributed by atoms with Crippen LogP contribution in [0.25, 0.3) is 0 Å². The summed E-state index contributed by atoms with van der Waals surface area (Å²) in [6.07, 6.45) is 3.65. The number of hydrogen-bond acceptors (Lipinski definition) is 3. The van der Waals surface area contributed by atoms with Crippen LogP contribution < -0.4 is 14.8 Å². The predicted octanol–water partition coefficient (Wildman–Crippen LogP) is 4.13. The maximum Gasteiger partial charge on any atom is 0.164 e. The molecule has 1 unspecified atom stereocenters. The summed E-state index contributed by atoms with van der Waals surface area (Å²) >= 11 is 3.74. The predicted molar refractivity (Wildman–Crippen MR) is 90.6 cm³/mol. The van der Waals surface area contributed by atoms with E-state index < -0.39 is 0 Å². The van der Waals surface area contributed by atoms with Crippen LogP contribution in [0, 0.1) is 5.92 Å². The summed E-state index contributed by atoms with van der Waals surface area (Å²) in [4.78, 5) is 0. The third-order valence-corrected chi connectivity index (χ3v) is 4.94. The van der Waals surface area contributed by atoms with Crippen molar-refractivity contribution in [1.29, 1.82) is 0 Å². The molecule has 0 saturated carbocycles. The Morgan fingerprint density at radius 2 is 2.10 bits per heavy atom. The zero-order valence-electron chi connectivity index (χ0n) is 13.5. The van der Waals surface area contributed by atoms with Crippen molar-refractivity contribution in [3.05, 3.63) is 21.7 Å². The van der Waals surface area contributed by atoms with Crippen LogP contribution in [0.2, 0.25) is 0 Å². The lowest BCUT2D eigenvalue weighted by molar-refractivity contribution is 0.346. The number of rotatable bonds is 5. The van der Waals surface area contributed by atoms with Gasteiger partial charge in [0.05, 0.1) is 14.2 Å². The first-order valence-electron chi connectivity index (χ1n) is 7.72. The fraction of sp³-hybridized carbons (Fsp3) is 0.647. The lowest BCUT2D eigenvalue weighted by Gasteiger charge is -2.27. The summed E-state index contributed by atoms with van der Waals surface area (Å²) in [7, 11) is 3.42. The normalized spacial score (nSPS) is 18.9. The van der Waals surface area contributed by atoms with Crippen LogP contribution in [0.3, 0.4) is 0 Å². The molecule has 1 heterocycles. The first-order chi connectivity index (χ1) is 10.1. The highest BCUT2D eigenvalue weighted by atomic mass is 79.9. The molecular formula is C17H26BrNO2. The van der Waals surface area contributed by atoms with Gasteiger partial charge in [-0.05, 0) is 55.8 Å². The van der Waals surface area contributed by atoms with Crippen molar-refractivity contribution in [2.24, 2.45) is 5.92 Å². The summed E-state index contributed by atoms with van der Waals surface area (Å²) < 4.78 is 12.3. The molecule has 0 radical (unpaired) electrons. The highest BCUT2D eigenvalue weighted by Crippen LogP contribution is 2.43. The topological polar surface area (TPSA) is 30.5 Å². The molecule has 118 valence electrons. The Kier molecular flexibility index (Phi) is 5.94. The number of hydrogen-bond donors (Lipinski definition) is 1. The van der Waals surface area contributed by atoms with Crippen molar-refractivity contribution in [2.75, 3.05) is 27.3 Å². The first kappa shape index (κ1) is 16.6. The molecule has 1 atom stereocenters. The van der Waals surface area contributed by atoms with E-state index in [1.165, 1.54) is 24.0 Å². The zero-order valence-corrected chi connectivity index (χ0v) is 15.0. The number of methoxy groups -OCH3 is 2. The summed E-state index contributed by atoms with van der Waals surface area (Å²) in [5.74, 6) is 2.79. The maximum atomic E-state index is 5.65. The van der Waals surface area contributed by atoms with Crippen LogP contribution in [-0.4, -0.2) is 27.3 Å². The van der Waals surface area contributed by atoms with Gasteiger partial charge in [0.15, 0.2) is 11.5 Å². The minimum absolute atomic E-state index is 0.401. The van der Waals surface area contributed by atoms with E-state index in [9.17, 15) is 0 Å². The van der Waals surface area contributed by atoms with Gasteiger partial charge in [-0.3, -0.25) is 0 Å². The van der Waals surface area contributed by atoms with E-state index in [0.29, 0.717) is 11.8 Å². The Labute approximate surface area is 136 Å². The molecule has 4 heteroatoms. The van der Waals surface area contributed by atoms with Crippen molar-refractivity contribution >= 4 is 15.9 Å². The number of piperidine rings is 1. The number of benzene rings is 1. The SMILES string of the molecule is COc1cc(Br)c(CC2CCCNC2)c(C(C)C)c1OC. The maximum absolute atomic E-state index is 5.65. The van der Waals surface area contributed by atoms with Crippen molar-refractivity contribution < 1.29 is 9.47 Å². The van der Waals surface area contributed by atoms with Gasteiger partial charge in [-0.25, -0.2) is 0 Å². The van der Waals surface area contributed by atoms with Crippen LogP contribution in [0.5, 0.6) is 11.5 Å². The number of ether oxygens (including phenoxy) is 2. The fourth-order valence-electron chi connectivity index (χ4n) is 3.23. The molecule has 0 spiro atoms. The average molecular weight is 356 g/mol. The molecule has 1 aromatic carbocycles. The van der Waals surface area contributed by atoms with Crippen LogP contribution in [0.4, 0.5) is 0 Å². The van der Waals surface area contributed by atoms with E-state index in [1.54, 1.807) is 14.2 Å². The molecule has 1 saturated heterocycles. The van der Waals surface area contributed by atoms with E-state index in [4.69, 9.17) is 9.47 Å². The Morgan fingerprint density at radius 3 is 2.62 bits per heavy atom. The van der Waals surface area contributed by atoms with Gasteiger partial charge in [-0.2, -0.15) is 0 Å². The van der Waals surface area contributed by atoms with Gasteiger partial charge < -0.3 is 14.8 Å². The van der Waals surface area contributed by atoms with Gasteiger partial charge in [-0.1, -0.05) is 29.8 Å². The average Bonchev–Trinajstić information content (AvgIpc) is 2.49. The molecule has 1 aliphatic rings. The Bertz CT molecular complexity index is 482. The van der Waals surface area contributed by atoms with Gasteiger partial charge in [0.25, 0.3) is 0 Å². The van der Waals surface area contributed by atoms with Crippen molar-refractivity contribution in [2.45, 2.75) is 39.0 Å². The second-order valence-corrected chi connectivity index (χ2v) is 6.91. The van der Waals surface area contributed by atoms with Crippen molar-refractivity contribution in [1.82, 2.24) is 5.32 Å². The van der Waals surface area contributed by atoms with E-state index in [0.717, 1.165) is 35.5 Å². The Morgan fingerprint density at radius 1 is 1.33 bits per heavy atom. The third-order valence-electron chi connectivity index (χ3n) is 4.23.